The number of hydrogen-bond acceptors (Lipinski definition) is 3. The Balaban J connectivity index is 0.00000324. The van der Waals surface area contributed by atoms with Gasteiger partial charge in [0.15, 0.2) is 11.7 Å². The summed E-state index contributed by atoms with van der Waals surface area (Å²) in [5.41, 5.74) is 0.863. The summed E-state index contributed by atoms with van der Waals surface area (Å²) < 4.78 is 29.1. The predicted molar refractivity (Wildman–Crippen MR) is 80.2 cm³/mol. The normalized spacial score (nSPS) is 11.6. The van der Waals surface area contributed by atoms with Crippen molar-refractivity contribution in [3.05, 3.63) is 17.5 Å². The van der Waals surface area contributed by atoms with Crippen LogP contribution in [0.15, 0.2) is 15.6 Å². The monoisotopic (exact) mass is 388 g/mol. The first-order chi connectivity index (χ1) is 8.52. The van der Waals surface area contributed by atoms with E-state index < -0.39 is 13.0 Å². The van der Waals surface area contributed by atoms with Crippen molar-refractivity contribution in [2.45, 2.75) is 32.7 Å². The Kier molecular flexibility index (Phi) is 8.61. The van der Waals surface area contributed by atoms with Gasteiger partial charge in [-0.15, -0.1) is 24.0 Å². The van der Waals surface area contributed by atoms with E-state index in [4.69, 9.17) is 4.52 Å². The van der Waals surface area contributed by atoms with Gasteiger partial charge in [-0.25, -0.2) is 8.78 Å². The van der Waals surface area contributed by atoms with E-state index in [1.54, 1.807) is 0 Å². The second kappa shape index (κ2) is 9.05. The average Bonchev–Trinajstić information content (AvgIpc) is 2.78. The SMILES string of the molecule is CN=C(NCc1cc(C(C)C)no1)NCC(F)F.I. The van der Waals surface area contributed by atoms with E-state index in [1.807, 2.05) is 19.9 Å². The molecule has 0 saturated heterocycles. The van der Waals surface area contributed by atoms with Crippen molar-refractivity contribution < 1.29 is 13.3 Å². The summed E-state index contributed by atoms with van der Waals surface area (Å²) in [6.07, 6.45) is -2.42. The van der Waals surface area contributed by atoms with E-state index in [2.05, 4.69) is 20.8 Å². The molecule has 0 aliphatic heterocycles. The van der Waals surface area contributed by atoms with Gasteiger partial charge in [0.2, 0.25) is 0 Å². The molecule has 0 spiro atoms. The maximum Gasteiger partial charge on any atom is 0.255 e. The van der Waals surface area contributed by atoms with E-state index in [0.717, 1.165) is 5.69 Å². The lowest BCUT2D eigenvalue weighted by molar-refractivity contribution is 0.152. The molecular formula is C11H19F2IN4O. The van der Waals surface area contributed by atoms with Crippen molar-refractivity contribution in [3.63, 3.8) is 0 Å². The fraction of sp³-hybridized carbons (Fsp3) is 0.636. The Labute approximate surface area is 128 Å². The molecule has 110 valence electrons. The predicted octanol–water partition coefficient (Wildman–Crippen LogP) is 2.35. The van der Waals surface area contributed by atoms with Crippen molar-refractivity contribution in [3.8, 4) is 0 Å². The highest BCUT2D eigenvalue weighted by molar-refractivity contribution is 14.0. The Morgan fingerprint density at radius 3 is 2.58 bits per heavy atom. The van der Waals surface area contributed by atoms with Crippen LogP contribution < -0.4 is 10.6 Å². The van der Waals surface area contributed by atoms with Crippen LogP contribution in [0.3, 0.4) is 0 Å². The third kappa shape index (κ3) is 6.69. The number of alkyl halides is 2. The summed E-state index contributed by atoms with van der Waals surface area (Å²) in [6, 6.07) is 1.83. The standard InChI is InChI=1S/C11H18F2N4O.HI/c1-7(2)9-4-8(18-17-9)5-15-11(14-3)16-6-10(12)13;/h4,7,10H,5-6H2,1-3H3,(H2,14,15,16);1H. The summed E-state index contributed by atoms with van der Waals surface area (Å²) >= 11 is 0. The van der Waals surface area contributed by atoms with E-state index >= 15 is 0 Å². The zero-order valence-corrected chi connectivity index (χ0v) is 13.4. The van der Waals surface area contributed by atoms with Gasteiger partial charge in [-0.3, -0.25) is 4.99 Å². The minimum Gasteiger partial charge on any atom is -0.359 e. The second-order valence-electron chi connectivity index (χ2n) is 4.07. The van der Waals surface area contributed by atoms with Crippen LogP contribution in [0, 0.1) is 0 Å². The molecule has 0 aromatic carbocycles. The summed E-state index contributed by atoms with van der Waals surface area (Å²) in [5.74, 6) is 1.23. The molecule has 0 amide bonds. The van der Waals surface area contributed by atoms with Crippen molar-refractivity contribution in [1.29, 1.82) is 0 Å². The third-order valence-corrected chi connectivity index (χ3v) is 2.25. The molecule has 1 aromatic heterocycles. The van der Waals surface area contributed by atoms with E-state index in [-0.39, 0.29) is 24.0 Å². The first-order valence-electron chi connectivity index (χ1n) is 5.71. The van der Waals surface area contributed by atoms with Crippen molar-refractivity contribution in [2.24, 2.45) is 4.99 Å². The zero-order chi connectivity index (χ0) is 13.5. The maximum absolute atomic E-state index is 12.0. The van der Waals surface area contributed by atoms with Crippen LogP contribution in [0.4, 0.5) is 8.78 Å². The lowest BCUT2D eigenvalue weighted by Crippen LogP contribution is -2.39. The fourth-order valence-electron chi connectivity index (χ4n) is 1.25. The van der Waals surface area contributed by atoms with Crippen molar-refractivity contribution in [1.82, 2.24) is 15.8 Å². The molecule has 0 atom stereocenters. The fourth-order valence-corrected chi connectivity index (χ4v) is 1.25. The largest absolute Gasteiger partial charge is 0.359 e. The highest BCUT2D eigenvalue weighted by atomic mass is 127. The lowest BCUT2D eigenvalue weighted by atomic mass is 10.1. The molecule has 8 heteroatoms. The molecule has 19 heavy (non-hydrogen) atoms. The zero-order valence-electron chi connectivity index (χ0n) is 11.1. The van der Waals surface area contributed by atoms with Gasteiger partial charge in [0, 0.05) is 13.1 Å². The molecule has 0 unspecified atom stereocenters. The van der Waals surface area contributed by atoms with E-state index in [9.17, 15) is 8.78 Å². The van der Waals surface area contributed by atoms with Crippen LogP contribution in [0.2, 0.25) is 0 Å². The molecule has 5 nitrogen and oxygen atoms in total. The minimum absolute atomic E-state index is 0. The Bertz CT molecular complexity index is 396. The number of hydrogen-bond donors (Lipinski definition) is 2. The highest BCUT2D eigenvalue weighted by Crippen LogP contribution is 2.13. The molecule has 1 heterocycles. The van der Waals surface area contributed by atoms with Gasteiger partial charge >= 0.3 is 0 Å². The first-order valence-corrected chi connectivity index (χ1v) is 5.71. The topological polar surface area (TPSA) is 62.5 Å². The second-order valence-corrected chi connectivity index (χ2v) is 4.07. The molecule has 0 bridgehead atoms. The number of halogens is 3. The van der Waals surface area contributed by atoms with E-state index in [1.165, 1.54) is 7.05 Å². The van der Waals surface area contributed by atoms with Gasteiger partial charge in [0.25, 0.3) is 6.43 Å². The van der Waals surface area contributed by atoms with Gasteiger partial charge in [0.1, 0.15) is 0 Å². The smallest absolute Gasteiger partial charge is 0.255 e. The molecule has 1 rings (SSSR count). The maximum atomic E-state index is 12.0. The number of rotatable bonds is 5. The Morgan fingerprint density at radius 1 is 1.42 bits per heavy atom. The summed E-state index contributed by atoms with van der Waals surface area (Å²) in [6.45, 7) is 3.94. The molecule has 2 N–H and O–H groups in total. The van der Waals surface area contributed by atoms with Crippen LogP contribution in [-0.2, 0) is 6.54 Å². The number of nitrogens with one attached hydrogen (secondary N) is 2. The average molecular weight is 388 g/mol. The first kappa shape index (κ1) is 18.1. The van der Waals surface area contributed by atoms with Gasteiger partial charge in [-0.1, -0.05) is 19.0 Å². The van der Waals surface area contributed by atoms with Crippen molar-refractivity contribution in [2.75, 3.05) is 13.6 Å². The van der Waals surface area contributed by atoms with Crippen molar-refractivity contribution >= 4 is 29.9 Å². The molecule has 0 fully saturated rings. The number of nitrogens with zero attached hydrogens (tertiary/aromatic N) is 2. The molecule has 1 aromatic rings. The summed E-state index contributed by atoms with van der Waals surface area (Å²) in [7, 11) is 1.51. The van der Waals surface area contributed by atoms with Gasteiger partial charge in [-0.05, 0) is 5.92 Å². The number of guanidine groups is 1. The molecule has 0 aliphatic carbocycles. The minimum atomic E-state index is -2.42. The van der Waals surface area contributed by atoms with Crippen LogP contribution in [0.5, 0.6) is 0 Å². The van der Waals surface area contributed by atoms with E-state index in [0.29, 0.717) is 24.2 Å². The Morgan fingerprint density at radius 2 is 2.11 bits per heavy atom. The summed E-state index contributed by atoms with van der Waals surface area (Å²) in [5, 5.41) is 9.26. The molecule has 0 saturated carbocycles. The van der Waals surface area contributed by atoms with Gasteiger partial charge in [0.05, 0.1) is 18.8 Å². The number of aromatic nitrogens is 1. The number of aliphatic imine (C=N–C) groups is 1. The summed E-state index contributed by atoms with van der Waals surface area (Å²) in [4.78, 5) is 3.82. The quantitative estimate of drug-likeness (QED) is 0.462. The highest BCUT2D eigenvalue weighted by Gasteiger charge is 2.09. The molecule has 0 aliphatic rings. The third-order valence-electron chi connectivity index (χ3n) is 2.25. The van der Waals surface area contributed by atoms with Gasteiger partial charge < -0.3 is 15.2 Å². The van der Waals surface area contributed by atoms with Crippen LogP contribution in [-0.4, -0.2) is 31.1 Å². The Hall–Kier alpha value is -0.930. The lowest BCUT2D eigenvalue weighted by Gasteiger charge is -2.09. The van der Waals surface area contributed by atoms with Crippen LogP contribution >= 0.6 is 24.0 Å². The van der Waals surface area contributed by atoms with Crippen LogP contribution in [0.25, 0.3) is 0 Å². The van der Waals surface area contributed by atoms with Crippen LogP contribution in [0.1, 0.15) is 31.2 Å². The molecular weight excluding hydrogens is 369 g/mol. The van der Waals surface area contributed by atoms with Gasteiger partial charge in [-0.2, -0.15) is 0 Å². The molecule has 0 radical (unpaired) electrons.